The second kappa shape index (κ2) is 8.42. The predicted octanol–water partition coefficient (Wildman–Crippen LogP) is 2.73. The van der Waals surface area contributed by atoms with Gasteiger partial charge >= 0.3 is 0 Å². The Bertz CT molecular complexity index is 620. The van der Waals surface area contributed by atoms with Crippen LogP contribution >= 0.6 is 22.7 Å². The predicted molar refractivity (Wildman–Crippen MR) is 98.2 cm³/mol. The zero-order valence-electron chi connectivity index (χ0n) is 13.8. The average Bonchev–Trinajstić information content (AvgIpc) is 3.21. The van der Waals surface area contributed by atoms with Crippen molar-refractivity contribution in [3.63, 3.8) is 0 Å². The molecule has 2 aromatic rings. The summed E-state index contributed by atoms with van der Waals surface area (Å²) in [6.45, 7) is 7.63. The molecular weight excluding hydrogens is 328 g/mol. The molecule has 0 aliphatic rings. The molecule has 23 heavy (non-hydrogen) atoms. The Morgan fingerprint density at radius 3 is 2.78 bits per heavy atom. The Hall–Kier alpha value is -1.44. The third kappa shape index (κ3) is 5.30. The highest BCUT2D eigenvalue weighted by Crippen LogP contribution is 2.24. The summed E-state index contributed by atoms with van der Waals surface area (Å²) < 4.78 is 0. The van der Waals surface area contributed by atoms with Crippen molar-refractivity contribution in [3.8, 4) is 0 Å². The number of aryl methyl sites for hydroxylation is 1. The third-order valence-corrected chi connectivity index (χ3v) is 5.46. The number of nitrogens with zero attached hydrogens (tertiary/aromatic N) is 2. The molecular formula is C16H24N4OS2. The van der Waals surface area contributed by atoms with Crippen LogP contribution in [0, 0.1) is 0 Å². The van der Waals surface area contributed by atoms with Crippen LogP contribution in [0.1, 0.15) is 36.3 Å². The molecule has 0 spiro atoms. The molecule has 1 atom stereocenters. The van der Waals surface area contributed by atoms with Gasteiger partial charge in [0.15, 0.2) is 5.96 Å². The molecule has 0 aliphatic heterocycles. The summed E-state index contributed by atoms with van der Waals surface area (Å²) in [5, 5.41) is 22.1. The molecule has 5 nitrogen and oxygen atoms in total. The standard InChI is InChI=1S/C16H24N4OS2/c1-4-14-20-12(10-23-14)9-18-15(17-5-2)19-11-16(3,21)13-7-6-8-22-13/h6-8,10,21H,4-5,9,11H2,1-3H3,(H2,17,18,19). The van der Waals surface area contributed by atoms with Crippen LogP contribution in [0.15, 0.2) is 27.9 Å². The molecule has 126 valence electrons. The Labute approximate surface area is 145 Å². The quantitative estimate of drug-likeness (QED) is 0.529. The highest BCUT2D eigenvalue weighted by Gasteiger charge is 2.24. The molecule has 2 rings (SSSR count). The topological polar surface area (TPSA) is 69.5 Å². The van der Waals surface area contributed by atoms with E-state index in [-0.39, 0.29) is 0 Å². The fourth-order valence-corrected chi connectivity index (χ4v) is 3.54. The summed E-state index contributed by atoms with van der Waals surface area (Å²) in [7, 11) is 0. The van der Waals surface area contributed by atoms with Crippen molar-refractivity contribution < 1.29 is 5.11 Å². The molecule has 0 saturated heterocycles. The van der Waals surface area contributed by atoms with E-state index < -0.39 is 5.60 Å². The smallest absolute Gasteiger partial charge is 0.191 e. The Balaban J connectivity index is 1.96. The van der Waals surface area contributed by atoms with Gasteiger partial charge in [-0.2, -0.15) is 0 Å². The monoisotopic (exact) mass is 352 g/mol. The van der Waals surface area contributed by atoms with E-state index in [2.05, 4.69) is 27.5 Å². The molecule has 3 N–H and O–H groups in total. The second-order valence-corrected chi connectivity index (χ2v) is 7.28. The van der Waals surface area contributed by atoms with E-state index in [0.29, 0.717) is 19.0 Å². The number of rotatable bonds is 7. The van der Waals surface area contributed by atoms with Crippen molar-refractivity contribution in [2.45, 2.75) is 39.3 Å². The van der Waals surface area contributed by atoms with E-state index in [4.69, 9.17) is 0 Å². The first-order valence-corrected chi connectivity index (χ1v) is 9.53. The number of aliphatic imine (C=N–C) groups is 1. The van der Waals surface area contributed by atoms with Gasteiger partial charge in [0.2, 0.25) is 0 Å². The van der Waals surface area contributed by atoms with Crippen molar-refractivity contribution in [3.05, 3.63) is 38.5 Å². The lowest BCUT2D eigenvalue weighted by Crippen LogP contribution is -2.44. The first kappa shape index (κ1) is 17.9. The largest absolute Gasteiger partial charge is 0.383 e. The van der Waals surface area contributed by atoms with Crippen LogP contribution < -0.4 is 10.6 Å². The van der Waals surface area contributed by atoms with Gasteiger partial charge in [0, 0.05) is 16.8 Å². The normalized spacial score (nSPS) is 14.5. The Morgan fingerprint density at radius 1 is 1.35 bits per heavy atom. The van der Waals surface area contributed by atoms with Gasteiger partial charge in [0.1, 0.15) is 5.60 Å². The molecule has 0 fully saturated rings. The molecule has 2 heterocycles. The van der Waals surface area contributed by atoms with Gasteiger partial charge in [-0.15, -0.1) is 22.7 Å². The fraction of sp³-hybridized carbons (Fsp3) is 0.500. The number of aliphatic hydroxyl groups is 1. The molecule has 0 amide bonds. The maximum Gasteiger partial charge on any atom is 0.191 e. The van der Waals surface area contributed by atoms with Gasteiger partial charge in [-0.25, -0.2) is 9.98 Å². The van der Waals surface area contributed by atoms with E-state index >= 15 is 0 Å². The number of aromatic nitrogens is 1. The number of hydrogen-bond donors (Lipinski definition) is 3. The highest BCUT2D eigenvalue weighted by atomic mass is 32.1. The number of hydrogen-bond acceptors (Lipinski definition) is 5. The van der Waals surface area contributed by atoms with Gasteiger partial charge in [-0.1, -0.05) is 13.0 Å². The molecule has 0 saturated carbocycles. The summed E-state index contributed by atoms with van der Waals surface area (Å²) in [6, 6.07) is 3.89. The molecule has 0 radical (unpaired) electrons. The lowest BCUT2D eigenvalue weighted by molar-refractivity contribution is 0.0655. The van der Waals surface area contributed by atoms with E-state index in [1.165, 1.54) is 0 Å². The maximum absolute atomic E-state index is 10.6. The average molecular weight is 353 g/mol. The molecule has 7 heteroatoms. The highest BCUT2D eigenvalue weighted by molar-refractivity contribution is 7.10. The zero-order valence-corrected chi connectivity index (χ0v) is 15.4. The first-order valence-electron chi connectivity index (χ1n) is 7.77. The molecule has 1 unspecified atom stereocenters. The minimum absolute atomic E-state index is 0.399. The molecule has 0 aliphatic carbocycles. The summed E-state index contributed by atoms with van der Waals surface area (Å²) >= 11 is 3.22. The molecule has 0 bridgehead atoms. The number of nitrogens with one attached hydrogen (secondary N) is 2. The van der Waals surface area contributed by atoms with Crippen molar-refractivity contribution in [1.82, 2.24) is 15.6 Å². The van der Waals surface area contributed by atoms with Crippen molar-refractivity contribution in [1.29, 1.82) is 0 Å². The number of thiophene rings is 1. The van der Waals surface area contributed by atoms with Crippen molar-refractivity contribution in [2.24, 2.45) is 4.99 Å². The minimum atomic E-state index is -0.916. The SMILES string of the molecule is CCNC(=NCc1csc(CC)n1)NCC(C)(O)c1cccs1. The van der Waals surface area contributed by atoms with Gasteiger partial charge in [-0.05, 0) is 31.7 Å². The molecule has 2 aromatic heterocycles. The van der Waals surface area contributed by atoms with E-state index in [1.807, 2.05) is 36.7 Å². The zero-order chi connectivity index (χ0) is 16.7. The lowest BCUT2D eigenvalue weighted by Gasteiger charge is -2.23. The van der Waals surface area contributed by atoms with Crippen molar-refractivity contribution >= 4 is 28.6 Å². The molecule has 0 aromatic carbocycles. The van der Waals surface area contributed by atoms with E-state index in [9.17, 15) is 5.11 Å². The van der Waals surface area contributed by atoms with E-state index in [0.717, 1.165) is 28.5 Å². The third-order valence-electron chi connectivity index (χ3n) is 3.30. The van der Waals surface area contributed by atoms with Crippen LogP contribution in [-0.2, 0) is 18.6 Å². The van der Waals surface area contributed by atoms with Crippen LogP contribution in [-0.4, -0.2) is 29.1 Å². The summed E-state index contributed by atoms with van der Waals surface area (Å²) in [4.78, 5) is 10.0. The summed E-state index contributed by atoms with van der Waals surface area (Å²) in [5.41, 5.74) is 0.0643. The number of guanidine groups is 1. The summed E-state index contributed by atoms with van der Waals surface area (Å²) in [6.07, 6.45) is 0.955. The Kier molecular flexibility index (Phi) is 6.56. The van der Waals surface area contributed by atoms with E-state index in [1.54, 1.807) is 22.7 Å². The summed E-state index contributed by atoms with van der Waals surface area (Å²) in [5.74, 6) is 0.690. The maximum atomic E-state index is 10.6. The fourth-order valence-electron chi connectivity index (χ4n) is 2.01. The lowest BCUT2D eigenvalue weighted by atomic mass is 10.1. The van der Waals surface area contributed by atoms with Crippen LogP contribution in [0.3, 0.4) is 0 Å². The van der Waals surface area contributed by atoms with Crippen molar-refractivity contribution in [2.75, 3.05) is 13.1 Å². The second-order valence-electron chi connectivity index (χ2n) is 5.39. The van der Waals surface area contributed by atoms with Crippen LogP contribution in [0.4, 0.5) is 0 Å². The van der Waals surface area contributed by atoms with Gasteiger partial charge < -0.3 is 15.7 Å². The van der Waals surface area contributed by atoms with Crippen LogP contribution in [0.2, 0.25) is 0 Å². The Morgan fingerprint density at radius 2 is 2.17 bits per heavy atom. The van der Waals surface area contributed by atoms with Gasteiger partial charge in [-0.3, -0.25) is 0 Å². The van der Waals surface area contributed by atoms with Crippen LogP contribution in [0.25, 0.3) is 0 Å². The van der Waals surface area contributed by atoms with Gasteiger partial charge in [0.05, 0.1) is 23.8 Å². The van der Waals surface area contributed by atoms with Crippen LogP contribution in [0.5, 0.6) is 0 Å². The minimum Gasteiger partial charge on any atom is -0.383 e. The first-order chi connectivity index (χ1) is 11.0. The van der Waals surface area contributed by atoms with Gasteiger partial charge in [0.25, 0.3) is 0 Å². The number of thiazole rings is 1.